The van der Waals surface area contributed by atoms with Crippen molar-refractivity contribution >= 4 is 11.8 Å². The van der Waals surface area contributed by atoms with Gasteiger partial charge < -0.3 is 15.0 Å². The smallest absolute Gasteiger partial charge is 0.239 e. The standard InChI is InChI=1S/C13H25N3O3/c1-15(2)13(18)11-6-4-8-16(11)10-12(17)14-7-5-9-19-3/h11H,4-10H2,1-3H3,(H,14,17). The number of nitrogens with one attached hydrogen (secondary N) is 1. The van der Waals surface area contributed by atoms with Crippen LogP contribution in [0, 0.1) is 0 Å². The zero-order valence-corrected chi connectivity index (χ0v) is 12.1. The summed E-state index contributed by atoms with van der Waals surface area (Å²) in [5.41, 5.74) is 0. The Kier molecular flexibility index (Phi) is 6.80. The molecule has 1 rings (SSSR count). The summed E-state index contributed by atoms with van der Waals surface area (Å²) in [7, 11) is 5.15. The Morgan fingerprint density at radius 3 is 2.79 bits per heavy atom. The van der Waals surface area contributed by atoms with E-state index in [0.29, 0.717) is 19.7 Å². The molecular formula is C13H25N3O3. The van der Waals surface area contributed by atoms with Gasteiger partial charge in [-0.3, -0.25) is 14.5 Å². The second kappa shape index (κ2) is 8.12. The van der Waals surface area contributed by atoms with Gasteiger partial charge >= 0.3 is 0 Å². The summed E-state index contributed by atoms with van der Waals surface area (Å²) in [5.74, 6) is 0.0687. The first-order valence-corrected chi connectivity index (χ1v) is 6.77. The van der Waals surface area contributed by atoms with E-state index in [1.54, 1.807) is 26.1 Å². The zero-order valence-electron chi connectivity index (χ0n) is 12.1. The molecular weight excluding hydrogens is 246 g/mol. The molecule has 2 amide bonds. The number of hydrogen-bond donors (Lipinski definition) is 1. The maximum Gasteiger partial charge on any atom is 0.239 e. The highest BCUT2D eigenvalue weighted by Crippen LogP contribution is 2.18. The summed E-state index contributed by atoms with van der Waals surface area (Å²) in [4.78, 5) is 27.3. The van der Waals surface area contributed by atoms with Gasteiger partial charge in [-0.1, -0.05) is 0 Å². The lowest BCUT2D eigenvalue weighted by Crippen LogP contribution is -2.46. The highest BCUT2D eigenvalue weighted by atomic mass is 16.5. The van der Waals surface area contributed by atoms with Crippen LogP contribution in [-0.2, 0) is 14.3 Å². The van der Waals surface area contributed by atoms with Crippen molar-refractivity contribution in [2.24, 2.45) is 0 Å². The fraction of sp³-hybridized carbons (Fsp3) is 0.846. The van der Waals surface area contributed by atoms with Gasteiger partial charge in [-0.25, -0.2) is 0 Å². The lowest BCUT2D eigenvalue weighted by atomic mass is 10.2. The van der Waals surface area contributed by atoms with Crippen molar-refractivity contribution in [1.82, 2.24) is 15.1 Å². The Hall–Kier alpha value is -1.14. The van der Waals surface area contributed by atoms with Gasteiger partial charge in [-0.2, -0.15) is 0 Å². The van der Waals surface area contributed by atoms with Crippen LogP contribution in [0.5, 0.6) is 0 Å². The van der Waals surface area contributed by atoms with E-state index in [9.17, 15) is 9.59 Å². The molecule has 0 aromatic rings. The number of carbonyl (C=O) groups excluding carboxylic acids is 2. The zero-order chi connectivity index (χ0) is 14.3. The Balaban J connectivity index is 2.34. The number of likely N-dealkylation sites (N-methyl/N-ethyl adjacent to an activating group) is 1. The largest absolute Gasteiger partial charge is 0.385 e. The van der Waals surface area contributed by atoms with Gasteiger partial charge in [0.15, 0.2) is 0 Å². The molecule has 1 heterocycles. The molecule has 1 unspecified atom stereocenters. The third kappa shape index (κ3) is 5.16. The molecule has 0 aromatic carbocycles. The number of amides is 2. The number of carbonyl (C=O) groups is 2. The average molecular weight is 271 g/mol. The molecule has 0 aromatic heterocycles. The van der Waals surface area contributed by atoms with Gasteiger partial charge in [0.1, 0.15) is 0 Å². The lowest BCUT2D eigenvalue weighted by Gasteiger charge is -2.25. The van der Waals surface area contributed by atoms with Crippen molar-refractivity contribution in [1.29, 1.82) is 0 Å². The van der Waals surface area contributed by atoms with E-state index in [4.69, 9.17) is 4.74 Å². The fourth-order valence-electron chi connectivity index (χ4n) is 2.28. The highest BCUT2D eigenvalue weighted by Gasteiger charge is 2.32. The summed E-state index contributed by atoms with van der Waals surface area (Å²) in [6, 6.07) is -0.139. The molecule has 110 valence electrons. The Morgan fingerprint density at radius 2 is 2.16 bits per heavy atom. The van der Waals surface area contributed by atoms with Crippen molar-refractivity contribution in [2.75, 3.05) is 47.4 Å². The molecule has 0 aliphatic carbocycles. The van der Waals surface area contributed by atoms with Crippen LogP contribution in [0.3, 0.4) is 0 Å². The van der Waals surface area contributed by atoms with Gasteiger partial charge in [-0.15, -0.1) is 0 Å². The predicted molar refractivity (Wildman–Crippen MR) is 72.8 cm³/mol. The third-order valence-electron chi connectivity index (χ3n) is 3.28. The maximum absolute atomic E-state index is 12.0. The number of nitrogens with zero attached hydrogens (tertiary/aromatic N) is 2. The van der Waals surface area contributed by atoms with Crippen molar-refractivity contribution in [2.45, 2.75) is 25.3 Å². The molecule has 0 saturated carbocycles. The van der Waals surface area contributed by atoms with Crippen LogP contribution in [0.15, 0.2) is 0 Å². The maximum atomic E-state index is 12.0. The van der Waals surface area contributed by atoms with E-state index >= 15 is 0 Å². The number of methoxy groups -OCH3 is 1. The van der Waals surface area contributed by atoms with E-state index < -0.39 is 0 Å². The summed E-state index contributed by atoms with van der Waals surface area (Å²) in [6.07, 6.45) is 2.62. The third-order valence-corrected chi connectivity index (χ3v) is 3.28. The topological polar surface area (TPSA) is 61.9 Å². The Morgan fingerprint density at radius 1 is 1.42 bits per heavy atom. The number of ether oxygens (including phenoxy) is 1. The van der Waals surface area contributed by atoms with Crippen LogP contribution in [0.4, 0.5) is 0 Å². The molecule has 6 nitrogen and oxygen atoms in total. The first kappa shape index (κ1) is 15.9. The van der Waals surface area contributed by atoms with Gasteiger partial charge in [0.2, 0.25) is 11.8 Å². The molecule has 0 spiro atoms. The monoisotopic (exact) mass is 271 g/mol. The molecule has 0 bridgehead atoms. The molecule has 1 N–H and O–H groups in total. The molecule has 1 fully saturated rings. The van der Waals surface area contributed by atoms with Gasteiger partial charge in [0.05, 0.1) is 12.6 Å². The Labute approximate surface area is 115 Å². The molecule has 0 radical (unpaired) electrons. The summed E-state index contributed by atoms with van der Waals surface area (Å²) in [5, 5.41) is 2.85. The van der Waals surface area contributed by atoms with Crippen LogP contribution in [0.2, 0.25) is 0 Å². The lowest BCUT2D eigenvalue weighted by molar-refractivity contribution is -0.134. The van der Waals surface area contributed by atoms with E-state index in [1.165, 1.54) is 0 Å². The minimum Gasteiger partial charge on any atom is -0.385 e. The minimum atomic E-state index is -0.139. The second-order valence-electron chi connectivity index (χ2n) is 5.06. The fourth-order valence-corrected chi connectivity index (χ4v) is 2.28. The summed E-state index contributed by atoms with van der Waals surface area (Å²) < 4.78 is 4.92. The van der Waals surface area contributed by atoms with Gasteiger partial charge in [0.25, 0.3) is 0 Å². The van der Waals surface area contributed by atoms with Crippen LogP contribution in [0.1, 0.15) is 19.3 Å². The van der Waals surface area contributed by atoms with E-state index in [1.807, 2.05) is 4.90 Å². The molecule has 1 aliphatic rings. The molecule has 6 heteroatoms. The number of hydrogen-bond acceptors (Lipinski definition) is 4. The van der Waals surface area contributed by atoms with E-state index in [2.05, 4.69) is 5.32 Å². The summed E-state index contributed by atoms with van der Waals surface area (Å²) >= 11 is 0. The highest BCUT2D eigenvalue weighted by molar-refractivity contribution is 5.83. The van der Waals surface area contributed by atoms with Crippen LogP contribution in [-0.4, -0.2) is 75.1 Å². The second-order valence-corrected chi connectivity index (χ2v) is 5.06. The first-order valence-electron chi connectivity index (χ1n) is 6.77. The van der Waals surface area contributed by atoms with E-state index in [-0.39, 0.29) is 17.9 Å². The van der Waals surface area contributed by atoms with Crippen LogP contribution >= 0.6 is 0 Å². The van der Waals surface area contributed by atoms with Crippen LogP contribution in [0.25, 0.3) is 0 Å². The number of rotatable bonds is 7. The Bertz CT molecular complexity index is 308. The quantitative estimate of drug-likeness (QED) is 0.645. The van der Waals surface area contributed by atoms with Crippen molar-refractivity contribution in [3.05, 3.63) is 0 Å². The number of likely N-dealkylation sites (tertiary alicyclic amines) is 1. The predicted octanol–water partition coefficient (Wildman–Crippen LogP) is -0.308. The van der Waals surface area contributed by atoms with E-state index in [0.717, 1.165) is 25.8 Å². The van der Waals surface area contributed by atoms with Crippen molar-refractivity contribution < 1.29 is 14.3 Å². The van der Waals surface area contributed by atoms with Gasteiger partial charge in [0, 0.05) is 34.4 Å². The normalized spacial score (nSPS) is 19.4. The minimum absolute atomic E-state index is 0.0189. The molecule has 1 atom stereocenters. The summed E-state index contributed by atoms with van der Waals surface area (Å²) in [6.45, 7) is 2.38. The molecule has 19 heavy (non-hydrogen) atoms. The average Bonchev–Trinajstić information content (AvgIpc) is 2.81. The molecule has 1 saturated heterocycles. The van der Waals surface area contributed by atoms with Crippen LogP contribution < -0.4 is 5.32 Å². The first-order chi connectivity index (χ1) is 9.06. The SMILES string of the molecule is COCCCNC(=O)CN1CCCC1C(=O)N(C)C. The van der Waals surface area contributed by atoms with Crippen molar-refractivity contribution in [3.8, 4) is 0 Å². The van der Waals surface area contributed by atoms with Crippen molar-refractivity contribution in [3.63, 3.8) is 0 Å². The molecule has 1 aliphatic heterocycles. The van der Waals surface area contributed by atoms with Gasteiger partial charge in [-0.05, 0) is 25.8 Å².